The fraction of sp³-hybridized carbons (Fsp3) is 0.316. The smallest absolute Gasteiger partial charge is 0.218 e. The van der Waals surface area contributed by atoms with E-state index in [0.29, 0.717) is 16.8 Å². The summed E-state index contributed by atoms with van der Waals surface area (Å²) in [5.74, 6) is -1.38. The van der Waals surface area contributed by atoms with Gasteiger partial charge in [-0.25, -0.2) is 18.8 Å². The van der Waals surface area contributed by atoms with Gasteiger partial charge >= 0.3 is 0 Å². The van der Waals surface area contributed by atoms with Gasteiger partial charge in [-0.1, -0.05) is 0 Å². The maximum absolute atomic E-state index is 13.9. The maximum Gasteiger partial charge on any atom is 0.218 e. The van der Waals surface area contributed by atoms with Gasteiger partial charge in [-0.2, -0.15) is 0 Å². The second-order valence-electron chi connectivity index (χ2n) is 6.99. The first-order valence-corrected chi connectivity index (χ1v) is 9.23. The molecule has 0 saturated carbocycles. The molecular formula is C19H17F2N3OS. The van der Waals surface area contributed by atoms with E-state index in [0.717, 1.165) is 24.6 Å². The first kappa shape index (κ1) is 17.0. The Labute approximate surface area is 153 Å². The van der Waals surface area contributed by atoms with Crippen molar-refractivity contribution in [1.29, 1.82) is 0 Å². The highest BCUT2D eigenvalue weighted by Gasteiger charge is 2.32. The van der Waals surface area contributed by atoms with Gasteiger partial charge in [0.05, 0.1) is 22.8 Å². The lowest BCUT2D eigenvalue weighted by Crippen LogP contribution is -2.38. The first-order valence-electron chi connectivity index (χ1n) is 8.29. The average Bonchev–Trinajstić information content (AvgIpc) is 3.09. The number of fused-ring (bicyclic) bond motifs is 1. The SMILES string of the molecule is CC1(C)CC(Cc2cscn2)N=C(c2cnc3c(F)c(F)ccc3c2)O1. The van der Waals surface area contributed by atoms with Gasteiger partial charge in [-0.05, 0) is 32.0 Å². The number of hydrogen-bond acceptors (Lipinski definition) is 5. The molecule has 0 amide bonds. The number of ether oxygens (including phenoxy) is 1. The van der Waals surface area contributed by atoms with Crippen molar-refractivity contribution in [2.75, 3.05) is 0 Å². The summed E-state index contributed by atoms with van der Waals surface area (Å²) in [4.78, 5) is 13.1. The van der Waals surface area contributed by atoms with Crippen LogP contribution < -0.4 is 0 Å². The standard InChI is InChI=1S/C19H17F2N3OS/c1-19(2)7-13(6-14-9-26-10-23-14)24-18(25-19)12-5-11-3-4-15(20)16(21)17(11)22-8-12/h3-5,8-10,13H,6-7H2,1-2H3. The molecular weight excluding hydrogens is 356 g/mol. The Bertz CT molecular complexity index is 986. The Balaban J connectivity index is 1.71. The highest BCUT2D eigenvalue weighted by molar-refractivity contribution is 7.07. The number of thiazole rings is 1. The Morgan fingerprint density at radius 1 is 1.27 bits per heavy atom. The fourth-order valence-corrected chi connectivity index (χ4v) is 3.77. The molecule has 0 N–H and O–H groups in total. The molecule has 1 unspecified atom stereocenters. The van der Waals surface area contributed by atoms with Crippen LogP contribution >= 0.6 is 11.3 Å². The zero-order chi connectivity index (χ0) is 18.3. The summed E-state index contributed by atoms with van der Waals surface area (Å²) in [7, 11) is 0. The molecule has 1 aliphatic heterocycles. The van der Waals surface area contributed by atoms with E-state index >= 15 is 0 Å². The van der Waals surface area contributed by atoms with E-state index in [1.165, 1.54) is 12.3 Å². The van der Waals surface area contributed by atoms with Crippen molar-refractivity contribution >= 4 is 28.1 Å². The van der Waals surface area contributed by atoms with Crippen molar-refractivity contribution in [3.8, 4) is 0 Å². The van der Waals surface area contributed by atoms with E-state index in [4.69, 9.17) is 9.73 Å². The van der Waals surface area contributed by atoms with Crippen LogP contribution in [0.25, 0.3) is 10.9 Å². The summed E-state index contributed by atoms with van der Waals surface area (Å²) in [5.41, 5.74) is 3.09. The number of benzene rings is 1. The molecule has 26 heavy (non-hydrogen) atoms. The van der Waals surface area contributed by atoms with Crippen molar-refractivity contribution in [2.45, 2.75) is 38.3 Å². The lowest BCUT2D eigenvalue weighted by Gasteiger charge is -2.34. The summed E-state index contributed by atoms with van der Waals surface area (Å²) in [6.45, 7) is 4.03. The minimum absolute atomic E-state index is 0.00319. The van der Waals surface area contributed by atoms with Crippen molar-refractivity contribution < 1.29 is 13.5 Å². The summed E-state index contributed by atoms with van der Waals surface area (Å²) in [5, 5.41) is 2.53. The minimum Gasteiger partial charge on any atom is -0.471 e. The van der Waals surface area contributed by atoms with Gasteiger partial charge in [0.15, 0.2) is 11.6 Å². The lowest BCUT2D eigenvalue weighted by molar-refractivity contribution is 0.0633. The molecule has 1 atom stereocenters. The monoisotopic (exact) mass is 373 g/mol. The molecule has 0 spiro atoms. The van der Waals surface area contributed by atoms with Crippen molar-refractivity contribution in [1.82, 2.24) is 9.97 Å². The number of pyridine rings is 1. The van der Waals surface area contributed by atoms with E-state index < -0.39 is 11.6 Å². The molecule has 0 saturated heterocycles. The summed E-state index contributed by atoms with van der Waals surface area (Å²) >= 11 is 1.56. The molecule has 3 heterocycles. The number of halogens is 2. The third-order valence-corrected chi connectivity index (χ3v) is 4.95. The minimum atomic E-state index is -0.942. The molecule has 1 aromatic carbocycles. The van der Waals surface area contributed by atoms with Crippen LogP contribution in [-0.4, -0.2) is 27.5 Å². The van der Waals surface area contributed by atoms with Gasteiger partial charge in [0.2, 0.25) is 5.90 Å². The predicted molar refractivity (Wildman–Crippen MR) is 97.6 cm³/mol. The molecule has 0 bridgehead atoms. The number of aromatic nitrogens is 2. The number of nitrogens with zero attached hydrogens (tertiary/aromatic N) is 3. The second kappa shape index (κ2) is 6.39. The highest BCUT2D eigenvalue weighted by Crippen LogP contribution is 2.29. The maximum atomic E-state index is 13.9. The van der Waals surface area contributed by atoms with Crippen LogP contribution in [0.4, 0.5) is 8.78 Å². The van der Waals surface area contributed by atoms with Gasteiger partial charge in [-0.3, -0.25) is 4.98 Å². The molecule has 0 radical (unpaired) electrons. The van der Waals surface area contributed by atoms with E-state index in [1.807, 2.05) is 24.7 Å². The molecule has 134 valence electrons. The van der Waals surface area contributed by atoms with Crippen LogP contribution in [0.3, 0.4) is 0 Å². The zero-order valence-corrected chi connectivity index (χ0v) is 15.2. The Morgan fingerprint density at radius 3 is 2.88 bits per heavy atom. The van der Waals surface area contributed by atoms with Gasteiger partial charge < -0.3 is 4.74 Å². The van der Waals surface area contributed by atoms with Crippen LogP contribution in [-0.2, 0) is 11.2 Å². The van der Waals surface area contributed by atoms with Crippen LogP contribution in [0.1, 0.15) is 31.5 Å². The average molecular weight is 373 g/mol. The van der Waals surface area contributed by atoms with E-state index in [-0.39, 0.29) is 17.2 Å². The van der Waals surface area contributed by atoms with Crippen molar-refractivity contribution in [3.63, 3.8) is 0 Å². The van der Waals surface area contributed by atoms with Crippen LogP contribution in [0, 0.1) is 11.6 Å². The quantitative estimate of drug-likeness (QED) is 0.678. The summed E-state index contributed by atoms with van der Waals surface area (Å²) < 4.78 is 33.3. The second-order valence-corrected chi connectivity index (χ2v) is 7.71. The highest BCUT2D eigenvalue weighted by atomic mass is 32.1. The molecule has 0 fully saturated rings. The molecule has 4 nitrogen and oxygen atoms in total. The van der Waals surface area contributed by atoms with Gasteiger partial charge in [0.25, 0.3) is 0 Å². The lowest BCUT2D eigenvalue weighted by atomic mass is 9.94. The molecule has 1 aliphatic rings. The molecule has 4 rings (SSSR count). The number of aliphatic imine (C=N–C) groups is 1. The largest absolute Gasteiger partial charge is 0.471 e. The fourth-order valence-electron chi connectivity index (χ4n) is 3.20. The van der Waals surface area contributed by atoms with Gasteiger partial charge in [-0.15, -0.1) is 11.3 Å². The zero-order valence-electron chi connectivity index (χ0n) is 14.4. The summed E-state index contributed by atoms with van der Waals surface area (Å²) in [6, 6.07) is 4.37. The number of rotatable bonds is 3. The van der Waals surface area contributed by atoms with E-state index in [9.17, 15) is 8.78 Å². The van der Waals surface area contributed by atoms with Gasteiger partial charge in [0.1, 0.15) is 11.1 Å². The predicted octanol–water partition coefficient (Wildman–Crippen LogP) is 4.53. The van der Waals surface area contributed by atoms with E-state index in [2.05, 4.69) is 9.97 Å². The summed E-state index contributed by atoms with van der Waals surface area (Å²) in [6.07, 6.45) is 2.99. The van der Waals surface area contributed by atoms with Crippen LogP contribution in [0.5, 0.6) is 0 Å². The molecule has 3 aromatic rings. The van der Waals surface area contributed by atoms with E-state index in [1.54, 1.807) is 17.4 Å². The molecule has 0 aliphatic carbocycles. The van der Waals surface area contributed by atoms with Crippen LogP contribution in [0.15, 0.2) is 40.3 Å². The third-order valence-electron chi connectivity index (χ3n) is 4.32. The molecule has 2 aromatic heterocycles. The number of hydrogen-bond donors (Lipinski definition) is 0. The Morgan fingerprint density at radius 2 is 2.12 bits per heavy atom. The third kappa shape index (κ3) is 3.31. The normalized spacial score (nSPS) is 19.2. The van der Waals surface area contributed by atoms with Crippen molar-refractivity contribution in [3.05, 3.63) is 58.2 Å². The van der Waals surface area contributed by atoms with Crippen molar-refractivity contribution in [2.24, 2.45) is 4.99 Å². The Kier molecular flexibility index (Phi) is 4.19. The topological polar surface area (TPSA) is 47.4 Å². The first-order chi connectivity index (χ1) is 12.4. The Hall–Kier alpha value is -2.41. The van der Waals surface area contributed by atoms with Gasteiger partial charge in [0, 0.05) is 29.8 Å². The molecule has 7 heteroatoms. The van der Waals surface area contributed by atoms with Crippen LogP contribution in [0.2, 0.25) is 0 Å².